The molecule has 1 atom stereocenters. The predicted molar refractivity (Wildman–Crippen MR) is 68.3 cm³/mol. The van der Waals surface area contributed by atoms with Gasteiger partial charge in [-0.15, -0.1) is 0 Å². The van der Waals surface area contributed by atoms with E-state index in [0.717, 1.165) is 29.1 Å². The number of nitrogens with one attached hydrogen (secondary N) is 2. The number of rotatable bonds is 5. The summed E-state index contributed by atoms with van der Waals surface area (Å²) >= 11 is 3.43. The van der Waals surface area contributed by atoms with E-state index in [1.54, 1.807) is 0 Å². The van der Waals surface area contributed by atoms with Crippen molar-refractivity contribution in [2.45, 2.75) is 13.8 Å². The van der Waals surface area contributed by atoms with Gasteiger partial charge in [0, 0.05) is 11.0 Å². The van der Waals surface area contributed by atoms with Crippen molar-refractivity contribution >= 4 is 21.7 Å². The highest BCUT2D eigenvalue weighted by Crippen LogP contribution is 2.16. The average molecular weight is 272 g/mol. The molecule has 1 aromatic heterocycles. The van der Waals surface area contributed by atoms with Gasteiger partial charge in [0.05, 0.1) is 5.69 Å². The molecule has 0 saturated heterocycles. The van der Waals surface area contributed by atoms with Crippen LogP contribution < -0.4 is 10.6 Å². The second-order valence-corrected chi connectivity index (χ2v) is 4.66. The highest BCUT2D eigenvalue weighted by Gasteiger charge is 2.02. The number of aromatic nitrogens is 1. The first-order valence-electron chi connectivity index (χ1n) is 5.15. The van der Waals surface area contributed by atoms with Crippen LogP contribution in [0.3, 0.4) is 0 Å². The van der Waals surface area contributed by atoms with Crippen molar-refractivity contribution in [2.75, 3.05) is 25.5 Å². The number of hydrogen-bond acceptors (Lipinski definition) is 3. The smallest absolute Gasteiger partial charge is 0.126 e. The van der Waals surface area contributed by atoms with Crippen LogP contribution in [0.2, 0.25) is 0 Å². The first-order valence-corrected chi connectivity index (χ1v) is 5.94. The van der Waals surface area contributed by atoms with Gasteiger partial charge in [-0.1, -0.05) is 6.92 Å². The predicted octanol–water partition coefficient (Wildman–Crippen LogP) is 2.42. The van der Waals surface area contributed by atoms with Gasteiger partial charge in [-0.2, -0.15) is 0 Å². The quantitative estimate of drug-likeness (QED) is 0.864. The Balaban J connectivity index is 2.47. The lowest BCUT2D eigenvalue weighted by Gasteiger charge is -2.12. The van der Waals surface area contributed by atoms with Crippen LogP contribution in [0.15, 0.2) is 16.6 Å². The summed E-state index contributed by atoms with van der Waals surface area (Å²) in [5.74, 6) is 1.54. The molecule has 0 aliphatic carbocycles. The summed E-state index contributed by atoms with van der Waals surface area (Å²) in [5, 5.41) is 6.48. The number of anilines is 1. The van der Waals surface area contributed by atoms with E-state index in [0.29, 0.717) is 5.92 Å². The third kappa shape index (κ3) is 4.18. The molecule has 0 amide bonds. The number of aryl methyl sites for hydroxylation is 1. The Morgan fingerprint density at radius 1 is 1.40 bits per heavy atom. The van der Waals surface area contributed by atoms with Crippen LogP contribution in [0.25, 0.3) is 0 Å². The molecule has 0 radical (unpaired) electrons. The summed E-state index contributed by atoms with van der Waals surface area (Å²) in [6, 6.07) is 4.01. The van der Waals surface area contributed by atoms with E-state index in [1.165, 1.54) is 0 Å². The minimum atomic E-state index is 0.598. The van der Waals surface area contributed by atoms with E-state index in [4.69, 9.17) is 0 Å². The van der Waals surface area contributed by atoms with Crippen LogP contribution in [0.1, 0.15) is 12.6 Å². The summed E-state index contributed by atoms with van der Waals surface area (Å²) in [5.41, 5.74) is 1.02. The zero-order chi connectivity index (χ0) is 11.3. The Morgan fingerprint density at radius 2 is 2.13 bits per heavy atom. The SMILES string of the molecule is CNCC(C)CNc1ccc(Br)c(C)n1. The fraction of sp³-hybridized carbons (Fsp3) is 0.545. The fourth-order valence-corrected chi connectivity index (χ4v) is 1.56. The Bertz CT molecular complexity index is 315. The van der Waals surface area contributed by atoms with Crippen LogP contribution in [0, 0.1) is 12.8 Å². The van der Waals surface area contributed by atoms with Gasteiger partial charge in [-0.05, 0) is 54.5 Å². The number of nitrogens with zero attached hydrogens (tertiary/aromatic N) is 1. The third-order valence-electron chi connectivity index (χ3n) is 2.21. The normalized spacial score (nSPS) is 12.5. The van der Waals surface area contributed by atoms with Crippen LogP contribution in [-0.2, 0) is 0 Å². The Labute approximate surface area is 99.8 Å². The Hall–Kier alpha value is -0.610. The molecule has 0 aliphatic heterocycles. The van der Waals surface area contributed by atoms with Crippen molar-refractivity contribution in [1.29, 1.82) is 0 Å². The molecule has 1 rings (SSSR count). The van der Waals surface area contributed by atoms with E-state index < -0.39 is 0 Å². The molecule has 0 spiro atoms. The minimum Gasteiger partial charge on any atom is -0.370 e. The Morgan fingerprint density at radius 3 is 2.73 bits per heavy atom. The van der Waals surface area contributed by atoms with Crippen LogP contribution in [-0.4, -0.2) is 25.1 Å². The second-order valence-electron chi connectivity index (χ2n) is 3.81. The first kappa shape index (κ1) is 12.5. The molecule has 0 aromatic carbocycles. The van der Waals surface area contributed by atoms with E-state index in [9.17, 15) is 0 Å². The van der Waals surface area contributed by atoms with Gasteiger partial charge >= 0.3 is 0 Å². The van der Waals surface area contributed by atoms with Crippen molar-refractivity contribution in [3.05, 3.63) is 22.3 Å². The van der Waals surface area contributed by atoms with E-state index in [-0.39, 0.29) is 0 Å². The lowest BCUT2D eigenvalue weighted by atomic mass is 10.2. The zero-order valence-corrected chi connectivity index (χ0v) is 11.1. The lowest BCUT2D eigenvalue weighted by Crippen LogP contribution is -2.23. The molecule has 0 fully saturated rings. The molecule has 1 heterocycles. The highest BCUT2D eigenvalue weighted by atomic mass is 79.9. The monoisotopic (exact) mass is 271 g/mol. The van der Waals surface area contributed by atoms with Crippen molar-refractivity contribution in [1.82, 2.24) is 10.3 Å². The van der Waals surface area contributed by atoms with Crippen LogP contribution in [0.4, 0.5) is 5.82 Å². The van der Waals surface area contributed by atoms with Crippen molar-refractivity contribution in [3.63, 3.8) is 0 Å². The average Bonchev–Trinajstić information content (AvgIpc) is 2.20. The number of pyridine rings is 1. The molecule has 3 nitrogen and oxygen atoms in total. The van der Waals surface area contributed by atoms with Gasteiger partial charge in [0.1, 0.15) is 5.82 Å². The largest absolute Gasteiger partial charge is 0.370 e. The van der Waals surface area contributed by atoms with E-state index >= 15 is 0 Å². The maximum absolute atomic E-state index is 4.43. The van der Waals surface area contributed by atoms with E-state index in [2.05, 4.69) is 38.5 Å². The maximum Gasteiger partial charge on any atom is 0.126 e. The molecular weight excluding hydrogens is 254 g/mol. The van der Waals surface area contributed by atoms with Crippen molar-refractivity contribution < 1.29 is 0 Å². The van der Waals surface area contributed by atoms with E-state index in [1.807, 2.05) is 26.1 Å². The summed E-state index contributed by atoms with van der Waals surface area (Å²) in [6.45, 7) is 6.15. The highest BCUT2D eigenvalue weighted by molar-refractivity contribution is 9.10. The maximum atomic E-state index is 4.43. The fourth-order valence-electron chi connectivity index (χ4n) is 1.34. The van der Waals surface area contributed by atoms with Gasteiger partial charge in [0.15, 0.2) is 0 Å². The standard InChI is InChI=1S/C11H18BrN3/c1-8(6-13-3)7-14-11-5-4-10(12)9(2)15-11/h4-5,8,13H,6-7H2,1-3H3,(H,14,15). The molecule has 15 heavy (non-hydrogen) atoms. The van der Waals surface area contributed by atoms with Crippen LogP contribution in [0.5, 0.6) is 0 Å². The summed E-state index contributed by atoms with van der Waals surface area (Å²) < 4.78 is 1.05. The Kier molecular flexibility index (Phi) is 5.05. The van der Waals surface area contributed by atoms with Gasteiger partial charge in [0.2, 0.25) is 0 Å². The third-order valence-corrected chi connectivity index (χ3v) is 3.04. The molecule has 0 aliphatic rings. The van der Waals surface area contributed by atoms with Crippen molar-refractivity contribution in [3.8, 4) is 0 Å². The minimum absolute atomic E-state index is 0.598. The molecule has 84 valence electrons. The molecule has 0 bridgehead atoms. The first-order chi connectivity index (χ1) is 7.13. The molecular formula is C11H18BrN3. The molecule has 1 aromatic rings. The summed E-state index contributed by atoms with van der Waals surface area (Å²) in [7, 11) is 1.97. The zero-order valence-electron chi connectivity index (χ0n) is 9.47. The number of halogens is 1. The van der Waals surface area contributed by atoms with Gasteiger partial charge in [-0.3, -0.25) is 0 Å². The topological polar surface area (TPSA) is 37.0 Å². The molecule has 2 N–H and O–H groups in total. The van der Waals surface area contributed by atoms with Crippen LogP contribution >= 0.6 is 15.9 Å². The molecule has 0 saturated carbocycles. The molecule has 4 heteroatoms. The number of hydrogen-bond donors (Lipinski definition) is 2. The lowest BCUT2D eigenvalue weighted by molar-refractivity contribution is 0.569. The summed E-state index contributed by atoms with van der Waals surface area (Å²) in [4.78, 5) is 4.43. The summed E-state index contributed by atoms with van der Waals surface area (Å²) in [6.07, 6.45) is 0. The molecule has 1 unspecified atom stereocenters. The van der Waals surface area contributed by atoms with Gasteiger partial charge < -0.3 is 10.6 Å². The van der Waals surface area contributed by atoms with Gasteiger partial charge in [-0.25, -0.2) is 4.98 Å². The van der Waals surface area contributed by atoms with Gasteiger partial charge in [0.25, 0.3) is 0 Å². The second kappa shape index (κ2) is 6.08. The van der Waals surface area contributed by atoms with Crippen molar-refractivity contribution in [2.24, 2.45) is 5.92 Å².